The highest BCUT2D eigenvalue weighted by Crippen LogP contribution is 2.30. The fourth-order valence-electron chi connectivity index (χ4n) is 1.36. The summed E-state index contributed by atoms with van der Waals surface area (Å²) in [6, 6.07) is 3.71. The molecule has 0 N–H and O–H groups in total. The largest absolute Gasteiger partial charge is 0.463 e. The number of hydrogen-bond donors (Lipinski definition) is 0. The molecule has 0 bridgehead atoms. The van der Waals surface area contributed by atoms with Gasteiger partial charge in [-0.25, -0.2) is 4.79 Å². The monoisotopic (exact) mass is 244 g/mol. The van der Waals surface area contributed by atoms with E-state index >= 15 is 0 Å². The molecule has 2 heterocycles. The lowest BCUT2D eigenvalue weighted by atomic mass is 10.2. The second-order valence-corrected chi connectivity index (χ2v) is 3.34. The molecular weight excluding hydrogens is 237 g/mol. The standard InChI is InChI=1S/C10H7F3N2O2/c1-15-8(10(11,12)13)5-6(14-9(15)16)7-3-2-4-17-7/h2-5H,1H3. The van der Waals surface area contributed by atoms with Gasteiger partial charge in [0.15, 0.2) is 5.76 Å². The summed E-state index contributed by atoms with van der Waals surface area (Å²) < 4.78 is 43.3. The third-order valence-corrected chi connectivity index (χ3v) is 2.20. The van der Waals surface area contributed by atoms with Crippen LogP contribution in [-0.4, -0.2) is 9.55 Å². The molecule has 2 aromatic heterocycles. The Balaban J connectivity index is 2.67. The molecule has 0 spiro atoms. The number of aromatic nitrogens is 2. The zero-order valence-corrected chi connectivity index (χ0v) is 8.65. The van der Waals surface area contributed by atoms with Gasteiger partial charge in [0.25, 0.3) is 0 Å². The summed E-state index contributed by atoms with van der Waals surface area (Å²) >= 11 is 0. The van der Waals surface area contributed by atoms with E-state index in [1.807, 2.05) is 0 Å². The van der Waals surface area contributed by atoms with E-state index in [9.17, 15) is 18.0 Å². The van der Waals surface area contributed by atoms with Crippen LogP contribution in [0.5, 0.6) is 0 Å². The summed E-state index contributed by atoms with van der Waals surface area (Å²) in [4.78, 5) is 14.8. The zero-order valence-electron chi connectivity index (χ0n) is 8.65. The first-order chi connectivity index (χ1) is 7.89. The third kappa shape index (κ3) is 2.08. The van der Waals surface area contributed by atoms with Crippen molar-refractivity contribution in [3.8, 4) is 11.5 Å². The van der Waals surface area contributed by atoms with E-state index in [0.717, 1.165) is 13.1 Å². The maximum atomic E-state index is 12.6. The smallest absolute Gasteiger partial charge is 0.431 e. The summed E-state index contributed by atoms with van der Waals surface area (Å²) in [7, 11) is 1.02. The lowest BCUT2D eigenvalue weighted by molar-refractivity contribution is -0.143. The Hall–Kier alpha value is -2.05. The van der Waals surface area contributed by atoms with E-state index in [1.54, 1.807) is 0 Å². The second-order valence-electron chi connectivity index (χ2n) is 3.34. The quantitative estimate of drug-likeness (QED) is 0.771. The van der Waals surface area contributed by atoms with E-state index in [-0.39, 0.29) is 11.5 Å². The number of furan rings is 1. The summed E-state index contributed by atoms with van der Waals surface area (Å²) in [5.41, 5.74) is -2.18. The van der Waals surface area contributed by atoms with Crippen molar-refractivity contribution in [3.05, 3.63) is 40.6 Å². The first-order valence-electron chi connectivity index (χ1n) is 4.59. The molecule has 0 saturated heterocycles. The molecule has 7 heteroatoms. The van der Waals surface area contributed by atoms with Crippen LogP contribution in [0, 0.1) is 0 Å². The van der Waals surface area contributed by atoms with Crippen molar-refractivity contribution in [1.82, 2.24) is 9.55 Å². The van der Waals surface area contributed by atoms with Crippen LogP contribution in [0.15, 0.2) is 33.7 Å². The van der Waals surface area contributed by atoms with Crippen molar-refractivity contribution in [3.63, 3.8) is 0 Å². The third-order valence-electron chi connectivity index (χ3n) is 2.20. The predicted octanol–water partition coefficient (Wildman–Crippen LogP) is 2.06. The first-order valence-corrected chi connectivity index (χ1v) is 4.59. The molecule has 0 radical (unpaired) electrons. The van der Waals surface area contributed by atoms with Crippen LogP contribution < -0.4 is 5.69 Å². The maximum absolute atomic E-state index is 12.6. The molecule has 2 rings (SSSR count). The van der Waals surface area contributed by atoms with Crippen LogP contribution in [0.3, 0.4) is 0 Å². The number of alkyl halides is 3. The van der Waals surface area contributed by atoms with E-state index in [1.165, 1.54) is 18.4 Å². The van der Waals surface area contributed by atoms with Gasteiger partial charge >= 0.3 is 11.9 Å². The van der Waals surface area contributed by atoms with E-state index in [0.29, 0.717) is 4.57 Å². The summed E-state index contributed by atoms with van der Waals surface area (Å²) in [6.45, 7) is 0. The Bertz CT molecular complexity index is 585. The van der Waals surface area contributed by atoms with Gasteiger partial charge < -0.3 is 4.42 Å². The topological polar surface area (TPSA) is 48.0 Å². The van der Waals surface area contributed by atoms with Crippen molar-refractivity contribution < 1.29 is 17.6 Å². The van der Waals surface area contributed by atoms with Crippen LogP contribution in [0.4, 0.5) is 13.2 Å². The van der Waals surface area contributed by atoms with Gasteiger partial charge in [0.05, 0.1) is 6.26 Å². The Kier molecular flexibility index (Phi) is 2.53. The molecule has 0 amide bonds. The fourth-order valence-corrected chi connectivity index (χ4v) is 1.36. The molecule has 0 aliphatic rings. The van der Waals surface area contributed by atoms with Gasteiger partial charge in [-0.1, -0.05) is 0 Å². The average molecular weight is 244 g/mol. The average Bonchev–Trinajstić information content (AvgIpc) is 2.73. The molecular formula is C10H7F3N2O2. The highest BCUT2D eigenvalue weighted by Gasteiger charge is 2.34. The minimum absolute atomic E-state index is 0.119. The summed E-state index contributed by atoms with van der Waals surface area (Å²) in [5, 5.41) is 0. The Morgan fingerprint density at radius 3 is 2.65 bits per heavy atom. The highest BCUT2D eigenvalue weighted by atomic mass is 19.4. The molecule has 0 atom stereocenters. The van der Waals surface area contributed by atoms with Crippen LogP contribution in [-0.2, 0) is 13.2 Å². The van der Waals surface area contributed by atoms with Crippen molar-refractivity contribution >= 4 is 0 Å². The molecule has 0 aromatic carbocycles. The first kappa shape index (κ1) is 11.4. The molecule has 17 heavy (non-hydrogen) atoms. The molecule has 90 valence electrons. The van der Waals surface area contributed by atoms with Crippen LogP contribution in [0.2, 0.25) is 0 Å². The minimum Gasteiger partial charge on any atom is -0.463 e. The SMILES string of the molecule is Cn1c(C(F)(F)F)cc(-c2ccco2)nc1=O. The van der Waals surface area contributed by atoms with Gasteiger partial charge in [-0.05, 0) is 18.2 Å². The van der Waals surface area contributed by atoms with E-state index < -0.39 is 17.6 Å². The number of halogens is 3. The van der Waals surface area contributed by atoms with Gasteiger partial charge in [-0.2, -0.15) is 18.2 Å². The van der Waals surface area contributed by atoms with E-state index in [4.69, 9.17) is 4.42 Å². The number of rotatable bonds is 1. The summed E-state index contributed by atoms with van der Waals surface area (Å²) in [6.07, 6.45) is -3.32. The number of nitrogens with zero attached hydrogens (tertiary/aromatic N) is 2. The Morgan fingerprint density at radius 2 is 2.12 bits per heavy atom. The molecule has 2 aromatic rings. The Morgan fingerprint density at radius 1 is 1.41 bits per heavy atom. The molecule has 0 aliphatic heterocycles. The van der Waals surface area contributed by atoms with E-state index in [2.05, 4.69) is 4.98 Å². The lowest BCUT2D eigenvalue weighted by Gasteiger charge is -2.11. The molecule has 0 saturated carbocycles. The second kappa shape index (κ2) is 3.76. The Labute approximate surface area is 93.3 Å². The molecule has 0 aliphatic carbocycles. The van der Waals surface area contributed by atoms with Crippen molar-refractivity contribution in [1.29, 1.82) is 0 Å². The molecule has 0 unspecified atom stereocenters. The van der Waals surface area contributed by atoms with Crippen LogP contribution >= 0.6 is 0 Å². The minimum atomic E-state index is -4.61. The van der Waals surface area contributed by atoms with Crippen molar-refractivity contribution in [2.24, 2.45) is 7.05 Å². The van der Waals surface area contributed by atoms with Crippen LogP contribution in [0.1, 0.15) is 5.69 Å². The number of hydrogen-bond acceptors (Lipinski definition) is 3. The van der Waals surface area contributed by atoms with Gasteiger partial charge in [-0.15, -0.1) is 0 Å². The molecule has 4 nitrogen and oxygen atoms in total. The van der Waals surface area contributed by atoms with Gasteiger partial charge in [0.2, 0.25) is 0 Å². The zero-order chi connectivity index (χ0) is 12.6. The van der Waals surface area contributed by atoms with Gasteiger partial charge in [-0.3, -0.25) is 4.57 Å². The lowest BCUT2D eigenvalue weighted by Crippen LogP contribution is -2.27. The molecule has 0 fully saturated rings. The van der Waals surface area contributed by atoms with Crippen LogP contribution in [0.25, 0.3) is 11.5 Å². The maximum Gasteiger partial charge on any atom is 0.431 e. The van der Waals surface area contributed by atoms with Gasteiger partial charge in [0.1, 0.15) is 11.4 Å². The highest BCUT2D eigenvalue weighted by molar-refractivity contribution is 5.51. The van der Waals surface area contributed by atoms with Crippen molar-refractivity contribution in [2.45, 2.75) is 6.18 Å². The van der Waals surface area contributed by atoms with Gasteiger partial charge in [0, 0.05) is 7.05 Å². The predicted molar refractivity (Wildman–Crippen MR) is 52.2 cm³/mol. The van der Waals surface area contributed by atoms with Crippen molar-refractivity contribution in [2.75, 3.05) is 0 Å². The normalized spacial score (nSPS) is 11.8. The fraction of sp³-hybridized carbons (Fsp3) is 0.200. The summed E-state index contributed by atoms with van der Waals surface area (Å²) in [5.74, 6) is 0.119.